The second kappa shape index (κ2) is 6.24. The number of aromatic nitrogens is 1. The minimum Gasteiger partial charge on any atom is -0.493 e. The summed E-state index contributed by atoms with van der Waals surface area (Å²) in [5.41, 5.74) is 0. The van der Waals surface area contributed by atoms with E-state index in [4.69, 9.17) is 4.74 Å². The molecule has 0 unspecified atom stereocenters. The number of alkyl halides is 1. The van der Waals surface area contributed by atoms with Gasteiger partial charge in [0.1, 0.15) is 0 Å². The highest BCUT2D eigenvalue weighted by Gasteiger charge is 2.25. The molecule has 17 heavy (non-hydrogen) atoms. The predicted octanol–water partition coefficient (Wildman–Crippen LogP) is 3.23. The van der Waals surface area contributed by atoms with Gasteiger partial charge in [0.2, 0.25) is 0 Å². The van der Waals surface area contributed by atoms with Gasteiger partial charge in [0.25, 0.3) is 0 Å². The molecule has 3 nitrogen and oxygen atoms in total. The molecule has 0 radical (unpaired) electrons. The standard InChI is InChI=1S/C13H19BrN2O/c1-17-12-7-4-9-15-13(12)16(10-8-14)11-5-2-3-6-11/h4,7,9,11H,2-3,5-6,8,10H2,1H3. The number of ether oxygens (including phenoxy) is 1. The topological polar surface area (TPSA) is 25.4 Å². The average molecular weight is 299 g/mol. The van der Waals surface area contributed by atoms with Crippen LogP contribution in [0.3, 0.4) is 0 Å². The van der Waals surface area contributed by atoms with Crippen LogP contribution in [0.15, 0.2) is 18.3 Å². The first kappa shape index (κ1) is 12.7. The van der Waals surface area contributed by atoms with E-state index in [9.17, 15) is 0 Å². The van der Waals surface area contributed by atoms with Gasteiger partial charge in [-0.1, -0.05) is 28.8 Å². The molecule has 0 saturated heterocycles. The van der Waals surface area contributed by atoms with Crippen molar-refractivity contribution in [2.24, 2.45) is 0 Å². The van der Waals surface area contributed by atoms with Crippen molar-refractivity contribution in [1.29, 1.82) is 0 Å². The zero-order valence-corrected chi connectivity index (χ0v) is 11.8. The van der Waals surface area contributed by atoms with Gasteiger partial charge >= 0.3 is 0 Å². The smallest absolute Gasteiger partial charge is 0.171 e. The van der Waals surface area contributed by atoms with Crippen LogP contribution in [0.2, 0.25) is 0 Å². The summed E-state index contributed by atoms with van der Waals surface area (Å²) < 4.78 is 5.41. The lowest BCUT2D eigenvalue weighted by molar-refractivity contribution is 0.410. The maximum absolute atomic E-state index is 5.41. The molecular weight excluding hydrogens is 280 g/mol. The zero-order valence-electron chi connectivity index (χ0n) is 10.2. The quantitative estimate of drug-likeness (QED) is 0.781. The van der Waals surface area contributed by atoms with Gasteiger partial charge in [-0.05, 0) is 25.0 Å². The van der Waals surface area contributed by atoms with Crippen LogP contribution in [0.1, 0.15) is 25.7 Å². The van der Waals surface area contributed by atoms with E-state index in [-0.39, 0.29) is 0 Å². The van der Waals surface area contributed by atoms with E-state index in [1.165, 1.54) is 25.7 Å². The van der Waals surface area contributed by atoms with Crippen LogP contribution in [0, 0.1) is 0 Å². The fourth-order valence-electron chi connectivity index (χ4n) is 2.53. The summed E-state index contributed by atoms with van der Waals surface area (Å²) in [5, 5.41) is 0.962. The Morgan fingerprint density at radius 3 is 2.88 bits per heavy atom. The van der Waals surface area contributed by atoms with Crippen LogP contribution in [0.25, 0.3) is 0 Å². The summed E-state index contributed by atoms with van der Waals surface area (Å²) in [4.78, 5) is 6.88. The zero-order chi connectivity index (χ0) is 12.1. The fourth-order valence-corrected chi connectivity index (χ4v) is 2.91. The molecule has 0 atom stereocenters. The molecule has 0 aliphatic heterocycles. The molecule has 1 aromatic heterocycles. The van der Waals surface area contributed by atoms with Crippen molar-refractivity contribution in [2.75, 3.05) is 23.9 Å². The van der Waals surface area contributed by atoms with Gasteiger partial charge in [0, 0.05) is 24.1 Å². The Bertz CT molecular complexity index is 353. The molecular formula is C13H19BrN2O. The Hall–Kier alpha value is -0.770. The lowest BCUT2D eigenvalue weighted by Gasteiger charge is -2.30. The van der Waals surface area contributed by atoms with Gasteiger partial charge in [0.15, 0.2) is 11.6 Å². The number of halogens is 1. The minimum atomic E-state index is 0.622. The maximum Gasteiger partial charge on any atom is 0.171 e. The molecule has 0 aromatic carbocycles. The third kappa shape index (κ3) is 2.92. The molecule has 0 bridgehead atoms. The molecule has 1 saturated carbocycles. The minimum absolute atomic E-state index is 0.622. The molecule has 1 aliphatic carbocycles. The number of hydrogen-bond acceptors (Lipinski definition) is 3. The molecule has 1 aromatic rings. The number of hydrogen-bond donors (Lipinski definition) is 0. The summed E-state index contributed by atoms with van der Waals surface area (Å²) in [6.07, 6.45) is 7.05. The number of anilines is 1. The second-order valence-electron chi connectivity index (χ2n) is 4.35. The highest BCUT2D eigenvalue weighted by Crippen LogP contribution is 2.32. The van der Waals surface area contributed by atoms with Gasteiger partial charge in [-0.25, -0.2) is 4.98 Å². The van der Waals surface area contributed by atoms with Crippen LogP contribution in [0.5, 0.6) is 5.75 Å². The predicted molar refractivity (Wildman–Crippen MR) is 74.2 cm³/mol. The Labute approximate surface area is 111 Å². The van der Waals surface area contributed by atoms with Gasteiger partial charge in [-0.3, -0.25) is 0 Å². The maximum atomic E-state index is 5.41. The number of methoxy groups -OCH3 is 1. The Kier molecular flexibility index (Phi) is 4.66. The highest BCUT2D eigenvalue weighted by molar-refractivity contribution is 9.09. The fraction of sp³-hybridized carbons (Fsp3) is 0.615. The van der Waals surface area contributed by atoms with Crippen LogP contribution in [0.4, 0.5) is 5.82 Å². The van der Waals surface area contributed by atoms with Crippen molar-refractivity contribution >= 4 is 21.7 Å². The van der Waals surface area contributed by atoms with Gasteiger partial charge in [-0.15, -0.1) is 0 Å². The van der Waals surface area contributed by atoms with Crippen LogP contribution in [-0.4, -0.2) is 30.0 Å². The van der Waals surface area contributed by atoms with E-state index in [1.807, 2.05) is 18.3 Å². The summed E-state index contributed by atoms with van der Waals surface area (Å²) in [7, 11) is 1.71. The molecule has 0 N–H and O–H groups in total. The SMILES string of the molecule is COc1cccnc1N(CCBr)C1CCCC1. The molecule has 1 heterocycles. The Morgan fingerprint density at radius 2 is 2.24 bits per heavy atom. The van der Waals surface area contributed by atoms with Crippen molar-refractivity contribution in [2.45, 2.75) is 31.7 Å². The third-order valence-corrected chi connectivity index (χ3v) is 3.69. The van der Waals surface area contributed by atoms with Crippen LogP contribution in [-0.2, 0) is 0 Å². The van der Waals surface area contributed by atoms with Crippen LogP contribution < -0.4 is 9.64 Å². The van der Waals surface area contributed by atoms with E-state index in [2.05, 4.69) is 25.8 Å². The van der Waals surface area contributed by atoms with Crippen molar-refractivity contribution in [3.05, 3.63) is 18.3 Å². The molecule has 0 spiro atoms. The normalized spacial score (nSPS) is 16.1. The van der Waals surface area contributed by atoms with Gasteiger partial charge in [-0.2, -0.15) is 0 Å². The third-order valence-electron chi connectivity index (χ3n) is 3.33. The second-order valence-corrected chi connectivity index (χ2v) is 5.14. The monoisotopic (exact) mass is 298 g/mol. The molecule has 4 heteroatoms. The molecule has 94 valence electrons. The van der Waals surface area contributed by atoms with E-state index < -0.39 is 0 Å². The van der Waals surface area contributed by atoms with Crippen molar-refractivity contribution in [3.63, 3.8) is 0 Å². The van der Waals surface area contributed by atoms with E-state index in [1.54, 1.807) is 7.11 Å². The van der Waals surface area contributed by atoms with Gasteiger partial charge < -0.3 is 9.64 Å². The largest absolute Gasteiger partial charge is 0.493 e. The van der Waals surface area contributed by atoms with E-state index >= 15 is 0 Å². The Morgan fingerprint density at radius 1 is 1.47 bits per heavy atom. The number of nitrogens with zero attached hydrogens (tertiary/aromatic N) is 2. The first-order valence-electron chi connectivity index (χ1n) is 6.18. The molecule has 2 rings (SSSR count). The lowest BCUT2D eigenvalue weighted by atomic mass is 10.2. The van der Waals surface area contributed by atoms with E-state index in [0.717, 1.165) is 23.4 Å². The van der Waals surface area contributed by atoms with Crippen molar-refractivity contribution in [3.8, 4) is 5.75 Å². The molecule has 1 aliphatic rings. The molecule has 0 amide bonds. The van der Waals surface area contributed by atoms with E-state index in [0.29, 0.717) is 6.04 Å². The molecule has 1 fully saturated rings. The summed E-state index contributed by atoms with van der Waals surface area (Å²) in [6, 6.07) is 4.53. The van der Waals surface area contributed by atoms with Gasteiger partial charge in [0.05, 0.1) is 7.11 Å². The van der Waals surface area contributed by atoms with Crippen LogP contribution >= 0.6 is 15.9 Å². The highest BCUT2D eigenvalue weighted by atomic mass is 79.9. The summed E-state index contributed by atoms with van der Waals surface area (Å²) in [5.74, 6) is 1.86. The lowest BCUT2D eigenvalue weighted by Crippen LogP contribution is -2.35. The average Bonchev–Trinajstić information content (AvgIpc) is 2.89. The summed E-state index contributed by atoms with van der Waals surface area (Å²) >= 11 is 3.53. The van der Waals surface area contributed by atoms with Crippen molar-refractivity contribution < 1.29 is 4.74 Å². The van der Waals surface area contributed by atoms with Crippen molar-refractivity contribution in [1.82, 2.24) is 4.98 Å². The number of pyridine rings is 1. The first-order valence-corrected chi connectivity index (χ1v) is 7.30. The number of rotatable bonds is 5. The Balaban J connectivity index is 2.24. The first-order chi connectivity index (χ1) is 8.36. The summed E-state index contributed by atoms with van der Waals surface area (Å²) in [6.45, 7) is 0.984.